The predicted molar refractivity (Wildman–Crippen MR) is 41.5 cm³/mol. The smallest absolute Gasteiger partial charge is 0.305 e. The van der Waals surface area contributed by atoms with Gasteiger partial charge in [-0.25, -0.2) is 4.21 Å². The molecule has 0 heterocycles. The number of esters is 1. The molecule has 4 nitrogen and oxygen atoms in total. The summed E-state index contributed by atoms with van der Waals surface area (Å²) in [5, 5.41) is 0. The highest BCUT2D eigenvalue weighted by molar-refractivity contribution is 7.79. The second-order valence-corrected chi connectivity index (χ2v) is 3.05. The molecule has 1 atom stereocenters. The molecular formula is C6H12O4S. The van der Waals surface area contributed by atoms with Gasteiger partial charge in [0.15, 0.2) is 11.1 Å². The summed E-state index contributed by atoms with van der Waals surface area (Å²) in [4.78, 5) is 10.6. The zero-order valence-electron chi connectivity index (χ0n) is 6.41. The molecule has 66 valence electrons. The van der Waals surface area contributed by atoms with Crippen molar-refractivity contribution in [2.45, 2.75) is 19.8 Å². The lowest BCUT2D eigenvalue weighted by atomic mass is 10.3. The van der Waals surface area contributed by atoms with Crippen molar-refractivity contribution in [1.29, 1.82) is 0 Å². The molecule has 0 aromatic rings. The lowest BCUT2D eigenvalue weighted by Crippen LogP contribution is -2.10. The average molecular weight is 180 g/mol. The van der Waals surface area contributed by atoms with Crippen molar-refractivity contribution in [3.05, 3.63) is 0 Å². The Balaban J connectivity index is 3.24. The second kappa shape index (κ2) is 6.30. The van der Waals surface area contributed by atoms with Crippen LogP contribution in [0.3, 0.4) is 0 Å². The summed E-state index contributed by atoms with van der Waals surface area (Å²) < 4.78 is 22.9. The topological polar surface area (TPSA) is 63.6 Å². The third kappa shape index (κ3) is 7.48. The molecule has 0 aliphatic heterocycles. The van der Waals surface area contributed by atoms with Gasteiger partial charge in [-0.3, -0.25) is 4.79 Å². The lowest BCUT2D eigenvalue weighted by molar-refractivity contribution is -0.143. The maximum atomic E-state index is 10.6. The highest BCUT2D eigenvalue weighted by atomic mass is 32.2. The fourth-order valence-electron chi connectivity index (χ4n) is 0.503. The van der Waals surface area contributed by atoms with Gasteiger partial charge in [0, 0.05) is 6.42 Å². The molecule has 11 heavy (non-hydrogen) atoms. The Kier molecular flexibility index (Phi) is 6.06. The van der Waals surface area contributed by atoms with Gasteiger partial charge in [-0.1, -0.05) is 6.92 Å². The van der Waals surface area contributed by atoms with E-state index in [0.717, 1.165) is 6.42 Å². The van der Waals surface area contributed by atoms with E-state index in [4.69, 9.17) is 4.55 Å². The first-order valence-electron chi connectivity index (χ1n) is 3.40. The maximum Gasteiger partial charge on any atom is 0.305 e. The molecule has 0 fully saturated rings. The fourth-order valence-corrected chi connectivity index (χ4v) is 0.729. The summed E-state index contributed by atoms with van der Waals surface area (Å²) in [7, 11) is 0. The molecule has 0 amide bonds. The average Bonchev–Trinajstić information content (AvgIpc) is 1.87. The first-order valence-corrected chi connectivity index (χ1v) is 4.67. The standard InChI is InChI=1S/C6H12O4S/c1-2-3-6(7)10-4-5-11(8)9/h2-5H2,1H3,(H,8,9). The first-order chi connectivity index (χ1) is 5.16. The molecule has 0 rings (SSSR count). The van der Waals surface area contributed by atoms with E-state index >= 15 is 0 Å². The zero-order valence-corrected chi connectivity index (χ0v) is 7.23. The van der Waals surface area contributed by atoms with Crippen molar-refractivity contribution in [1.82, 2.24) is 0 Å². The van der Waals surface area contributed by atoms with Gasteiger partial charge in [-0.15, -0.1) is 0 Å². The van der Waals surface area contributed by atoms with Gasteiger partial charge in [-0.05, 0) is 6.42 Å². The largest absolute Gasteiger partial charge is 0.465 e. The Bertz CT molecular complexity index is 146. The molecule has 0 aliphatic rings. The normalized spacial score (nSPS) is 12.5. The minimum atomic E-state index is -1.86. The van der Waals surface area contributed by atoms with Crippen LogP contribution in [0.1, 0.15) is 19.8 Å². The van der Waals surface area contributed by atoms with Gasteiger partial charge in [0.25, 0.3) is 0 Å². The van der Waals surface area contributed by atoms with Crippen LogP contribution in [0, 0.1) is 0 Å². The van der Waals surface area contributed by atoms with Gasteiger partial charge in [0.05, 0.1) is 5.75 Å². The Morgan fingerprint density at radius 1 is 1.64 bits per heavy atom. The quantitative estimate of drug-likeness (QED) is 0.495. The summed E-state index contributed by atoms with van der Waals surface area (Å²) in [5.74, 6) is -0.312. The van der Waals surface area contributed by atoms with Gasteiger partial charge < -0.3 is 9.29 Å². The number of hydrogen-bond acceptors (Lipinski definition) is 3. The lowest BCUT2D eigenvalue weighted by Gasteiger charge is -2.00. The molecule has 0 radical (unpaired) electrons. The molecule has 0 saturated heterocycles. The van der Waals surface area contributed by atoms with Crippen molar-refractivity contribution >= 4 is 17.0 Å². The third-order valence-corrected chi connectivity index (χ3v) is 1.49. The van der Waals surface area contributed by atoms with E-state index in [9.17, 15) is 9.00 Å². The highest BCUT2D eigenvalue weighted by Gasteiger charge is 2.00. The molecule has 0 saturated carbocycles. The van der Waals surface area contributed by atoms with Gasteiger partial charge in [-0.2, -0.15) is 0 Å². The molecule has 0 aromatic carbocycles. The van der Waals surface area contributed by atoms with Crippen LogP contribution in [-0.2, 0) is 20.6 Å². The third-order valence-electron chi connectivity index (χ3n) is 0.975. The Morgan fingerprint density at radius 2 is 2.27 bits per heavy atom. The molecule has 5 heteroatoms. The summed E-state index contributed by atoms with van der Waals surface area (Å²) in [5.41, 5.74) is 0. The Hall–Kier alpha value is -0.420. The molecule has 1 N–H and O–H groups in total. The van der Waals surface area contributed by atoms with Crippen LogP contribution in [0.4, 0.5) is 0 Å². The van der Waals surface area contributed by atoms with Crippen LogP contribution in [0.25, 0.3) is 0 Å². The molecule has 0 bridgehead atoms. The van der Waals surface area contributed by atoms with Crippen molar-refractivity contribution in [2.24, 2.45) is 0 Å². The Labute approximate surface area is 68.2 Å². The first kappa shape index (κ1) is 10.6. The molecular weight excluding hydrogens is 168 g/mol. The molecule has 0 spiro atoms. The predicted octanol–water partition coefficient (Wildman–Crippen LogP) is 0.551. The fraction of sp³-hybridized carbons (Fsp3) is 0.833. The van der Waals surface area contributed by atoms with Crippen molar-refractivity contribution in [3.8, 4) is 0 Å². The van der Waals surface area contributed by atoms with Gasteiger partial charge in [0.2, 0.25) is 0 Å². The van der Waals surface area contributed by atoms with Crippen molar-refractivity contribution < 1.29 is 18.3 Å². The zero-order chi connectivity index (χ0) is 8.69. The van der Waals surface area contributed by atoms with E-state index in [2.05, 4.69) is 4.74 Å². The van der Waals surface area contributed by atoms with Gasteiger partial charge >= 0.3 is 5.97 Å². The Morgan fingerprint density at radius 3 is 2.73 bits per heavy atom. The van der Waals surface area contributed by atoms with Crippen LogP contribution >= 0.6 is 0 Å². The van der Waals surface area contributed by atoms with Crippen LogP contribution in [0.2, 0.25) is 0 Å². The monoisotopic (exact) mass is 180 g/mol. The summed E-state index contributed by atoms with van der Waals surface area (Å²) in [6.45, 7) is 1.90. The summed E-state index contributed by atoms with van der Waals surface area (Å²) in [6, 6.07) is 0. The van der Waals surface area contributed by atoms with E-state index in [0.29, 0.717) is 6.42 Å². The van der Waals surface area contributed by atoms with E-state index in [1.165, 1.54) is 0 Å². The second-order valence-electron chi connectivity index (χ2n) is 2.00. The number of carbonyl (C=O) groups is 1. The minimum absolute atomic E-state index is 0.00451. The van der Waals surface area contributed by atoms with E-state index < -0.39 is 11.1 Å². The maximum absolute atomic E-state index is 10.6. The molecule has 1 unspecified atom stereocenters. The van der Waals surface area contributed by atoms with Crippen LogP contribution in [0.5, 0.6) is 0 Å². The van der Waals surface area contributed by atoms with E-state index in [1.54, 1.807) is 0 Å². The van der Waals surface area contributed by atoms with Crippen LogP contribution < -0.4 is 0 Å². The van der Waals surface area contributed by atoms with Gasteiger partial charge in [0.1, 0.15) is 6.61 Å². The summed E-state index contributed by atoms with van der Waals surface area (Å²) in [6.07, 6.45) is 1.11. The van der Waals surface area contributed by atoms with E-state index in [-0.39, 0.29) is 18.3 Å². The van der Waals surface area contributed by atoms with Crippen molar-refractivity contribution in [3.63, 3.8) is 0 Å². The minimum Gasteiger partial charge on any atom is -0.465 e. The van der Waals surface area contributed by atoms with Crippen molar-refractivity contribution in [2.75, 3.05) is 12.4 Å². The van der Waals surface area contributed by atoms with Crippen LogP contribution in [0.15, 0.2) is 0 Å². The highest BCUT2D eigenvalue weighted by Crippen LogP contribution is 1.90. The van der Waals surface area contributed by atoms with Crippen LogP contribution in [-0.4, -0.2) is 27.1 Å². The number of carbonyl (C=O) groups excluding carboxylic acids is 1. The summed E-state index contributed by atoms with van der Waals surface area (Å²) >= 11 is -1.86. The number of ether oxygens (including phenoxy) is 1. The number of rotatable bonds is 5. The molecule has 0 aromatic heterocycles. The van der Waals surface area contributed by atoms with E-state index in [1.807, 2.05) is 6.92 Å². The molecule has 0 aliphatic carbocycles. The number of hydrogen-bond donors (Lipinski definition) is 1. The SMILES string of the molecule is CCCC(=O)OCCS(=O)O.